The molecule has 69 heavy (non-hydrogen) atoms. The lowest BCUT2D eigenvalue weighted by Crippen LogP contribution is -2.41. The number of hydrogen-bond acceptors (Lipinski definition) is 13. The first kappa shape index (κ1) is 50.4. The third-order valence-corrected chi connectivity index (χ3v) is 14.9. The second kappa shape index (κ2) is 22.9. The van der Waals surface area contributed by atoms with E-state index in [-0.39, 0.29) is 30.5 Å². The van der Waals surface area contributed by atoms with Crippen molar-refractivity contribution in [3.8, 4) is 55.4 Å². The molecular formula is C53H60Cl2N6O6S2. The third kappa shape index (κ3) is 12.1. The van der Waals surface area contributed by atoms with E-state index in [1.807, 2.05) is 81.1 Å². The summed E-state index contributed by atoms with van der Waals surface area (Å²) in [6.45, 7) is 15.3. The van der Waals surface area contributed by atoms with Gasteiger partial charge in [0.05, 0.1) is 28.2 Å². The quantitative estimate of drug-likeness (QED) is 0.0772. The van der Waals surface area contributed by atoms with E-state index < -0.39 is 18.1 Å². The number of carboxylic acids is 1. The number of nitrogens with zero attached hydrogens (tertiary/aromatic N) is 6. The number of aromatic nitrogens is 4. The SMILES string of the molecule is CCc1c(CCN2CCCC(C(=O)O[C@@H]3C[C@@H](C(=O)O)N(CCc4cccc(-c5nsc(-c6ccc(OC(C)C)c(Cl)c6)n5)c4CC)C3)C2)cccc1-c1nsc(-c2ccc(OC(C)C)c(Cl)c2)n1. The van der Waals surface area contributed by atoms with E-state index in [1.165, 1.54) is 34.2 Å². The van der Waals surface area contributed by atoms with Gasteiger partial charge in [-0.25, -0.2) is 9.97 Å². The van der Waals surface area contributed by atoms with Crippen LogP contribution >= 0.6 is 46.3 Å². The van der Waals surface area contributed by atoms with Crippen LogP contribution in [0, 0.1) is 5.92 Å². The molecule has 0 amide bonds. The van der Waals surface area contributed by atoms with E-state index in [9.17, 15) is 14.7 Å². The highest BCUT2D eigenvalue weighted by Gasteiger charge is 2.40. The Labute approximate surface area is 423 Å². The molecule has 6 aromatic rings. The van der Waals surface area contributed by atoms with Crippen molar-refractivity contribution in [3.05, 3.63) is 105 Å². The van der Waals surface area contributed by atoms with Crippen molar-refractivity contribution in [2.45, 2.75) is 111 Å². The Kier molecular flexibility index (Phi) is 16.7. The van der Waals surface area contributed by atoms with Crippen molar-refractivity contribution in [3.63, 3.8) is 0 Å². The van der Waals surface area contributed by atoms with E-state index in [0.717, 1.165) is 88.6 Å². The molecule has 2 aliphatic heterocycles. The van der Waals surface area contributed by atoms with E-state index >= 15 is 0 Å². The highest BCUT2D eigenvalue weighted by molar-refractivity contribution is 7.09. The molecule has 1 N–H and O–H groups in total. The summed E-state index contributed by atoms with van der Waals surface area (Å²) in [5.74, 6) is 1.21. The summed E-state index contributed by atoms with van der Waals surface area (Å²) in [6, 6.07) is 23.1. The molecule has 2 fully saturated rings. The van der Waals surface area contributed by atoms with E-state index in [2.05, 4.69) is 43.0 Å². The van der Waals surface area contributed by atoms with Gasteiger partial charge in [0.25, 0.3) is 0 Å². The van der Waals surface area contributed by atoms with Crippen LogP contribution in [0.4, 0.5) is 0 Å². The summed E-state index contributed by atoms with van der Waals surface area (Å²) in [5, 5.41) is 12.9. The number of ether oxygens (including phenoxy) is 3. The van der Waals surface area contributed by atoms with Crippen molar-refractivity contribution in [1.29, 1.82) is 0 Å². The number of piperidine rings is 1. The van der Waals surface area contributed by atoms with Gasteiger partial charge in [-0.05, 0) is 154 Å². The second-order valence-corrected chi connectivity index (χ2v) is 20.7. The Bertz CT molecular complexity index is 2760. The zero-order valence-electron chi connectivity index (χ0n) is 40.0. The van der Waals surface area contributed by atoms with Crippen molar-refractivity contribution in [2.24, 2.45) is 5.92 Å². The Morgan fingerprint density at radius 2 is 1.29 bits per heavy atom. The minimum absolute atomic E-state index is 0.00928. The number of rotatable bonds is 19. The zero-order valence-corrected chi connectivity index (χ0v) is 43.2. The van der Waals surface area contributed by atoms with Crippen LogP contribution in [0.2, 0.25) is 10.0 Å². The Hall–Kier alpha value is -4.96. The first-order valence-electron chi connectivity index (χ1n) is 24.0. The van der Waals surface area contributed by atoms with Gasteiger partial charge in [-0.2, -0.15) is 8.75 Å². The fraction of sp³-hybridized carbons (Fsp3) is 0.434. The molecule has 16 heteroatoms. The van der Waals surface area contributed by atoms with Gasteiger partial charge >= 0.3 is 11.9 Å². The van der Waals surface area contributed by atoms with E-state index in [4.69, 9.17) is 56.1 Å². The number of likely N-dealkylation sites (tertiary alicyclic amines) is 2. The monoisotopic (exact) mass is 1010 g/mol. The van der Waals surface area contributed by atoms with Gasteiger partial charge in [-0.15, -0.1) is 0 Å². The molecule has 3 atom stereocenters. The summed E-state index contributed by atoms with van der Waals surface area (Å²) in [5.41, 5.74) is 8.45. The van der Waals surface area contributed by atoms with Gasteiger partial charge in [0.15, 0.2) is 11.6 Å². The van der Waals surface area contributed by atoms with E-state index in [1.54, 1.807) is 0 Å². The first-order valence-corrected chi connectivity index (χ1v) is 26.3. The Balaban J connectivity index is 0.861. The number of aliphatic carboxylic acids is 1. The fourth-order valence-corrected chi connectivity index (χ4v) is 11.4. The molecular weight excluding hydrogens is 952 g/mol. The van der Waals surface area contributed by atoms with Crippen LogP contribution < -0.4 is 9.47 Å². The largest absolute Gasteiger partial charge is 0.489 e. The highest BCUT2D eigenvalue weighted by Crippen LogP contribution is 2.37. The summed E-state index contributed by atoms with van der Waals surface area (Å²) in [6.07, 6.45) is 4.48. The standard InChI is InChI=1S/C53H60Cl2N6O6S2/c1-7-39-33(12-9-15-41(39)48-56-50(68-58-48)35-17-19-46(43(54)26-35)65-31(3)4)21-24-60-23-11-14-37(29-60)53(64)67-38-28-45(52(62)63)61(30-38)25-22-34-13-10-16-42(40(34)8-2)49-57-51(69-59-49)36-18-20-47(44(55)27-36)66-32(5)6/h9-10,12-13,15-20,26-27,31-32,37-38,45H,7-8,11,14,21-25,28-30H2,1-6H3,(H,62,63)/t37?,38-,45+/m1/s1. The minimum Gasteiger partial charge on any atom is -0.489 e. The number of carboxylic acid groups (broad SMARTS) is 1. The maximum Gasteiger partial charge on any atom is 0.321 e. The maximum atomic E-state index is 13.8. The van der Waals surface area contributed by atoms with Gasteiger partial charge in [0, 0.05) is 54.9 Å². The molecule has 0 saturated carbocycles. The predicted octanol–water partition coefficient (Wildman–Crippen LogP) is 11.6. The molecule has 0 aliphatic carbocycles. The number of carbonyl (C=O) groups excluding carboxylic acids is 1. The summed E-state index contributed by atoms with van der Waals surface area (Å²) in [4.78, 5) is 40.5. The average molecular weight is 1010 g/mol. The van der Waals surface area contributed by atoms with Crippen LogP contribution in [-0.4, -0.2) is 103 Å². The third-order valence-electron chi connectivity index (χ3n) is 12.8. The van der Waals surface area contributed by atoms with Gasteiger partial charge in [-0.1, -0.05) is 73.4 Å². The molecule has 0 radical (unpaired) electrons. The molecule has 0 bridgehead atoms. The maximum absolute atomic E-state index is 13.8. The molecule has 4 heterocycles. The molecule has 2 aromatic heterocycles. The lowest BCUT2D eigenvalue weighted by molar-refractivity contribution is -0.155. The highest BCUT2D eigenvalue weighted by atomic mass is 35.5. The van der Waals surface area contributed by atoms with Gasteiger partial charge in [0.2, 0.25) is 0 Å². The smallest absolute Gasteiger partial charge is 0.321 e. The molecule has 1 unspecified atom stereocenters. The molecule has 12 nitrogen and oxygen atoms in total. The molecule has 2 saturated heterocycles. The van der Waals surface area contributed by atoms with Crippen LogP contribution in [0.1, 0.15) is 83.1 Å². The normalized spacial score (nSPS) is 17.7. The molecule has 8 rings (SSSR count). The number of benzene rings is 4. The molecule has 364 valence electrons. The minimum atomic E-state index is -0.904. The van der Waals surface area contributed by atoms with Gasteiger partial charge in [-0.3, -0.25) is 14.5 Å². The van der Waals surface area contributed by atoms with Gasteiger partial charge < -0.3 is 24.2 Å². The van der Waals surface area contributed by atoms with Crippen molar-refractivity contribution in [1.82, 2.24) is 28.5 Å². The molecule has 0 spiro atoms. The molecule has 2 aliphatic rings. The lowest BCUT2D eigenvalue weighted by atomic mass is 9.94. The fourth-order valence-electron chi connectivity index (χ4n) is 9.56. The lowest BCUT2D eigenvalue weighted by Gasteiger charge is -2.32. The topological polar surface area (TPSA) is 140 Å². The van der Waals surface area contributed by atoms with E-state index in [0.29, 0.717) is 59.2 Å². The first-order chi connectivity index (χ1) is 33.3. The number of halogens is 2. The van der Waals surface area contributed by atoms with Crippen LogP contribution in [0.3, 0.4) is 0 Å². The number of hydrogen-bond donors (Lipinski definition) is 1. The summed E-state index contributed by atoms with van der Waals surface area (Å²) in [7, 11) is 0. The summed E-state index contributed by atoms with van der Waals surface area (Å²) < 4.78 is 27.3. The zero-order chi connectivity index (χ0) is 48.8. The van der Waals surface area contributed by atoms with Crippen molar-refractivity contribution >= 4 is 58.2 Å². The number of esters is 1. The second-order valence-electron chi connectivity index (χ2n) is 18.3. The van der Waals surface area contributed by atoms with Gasteiger partial charge in [0.1, 0.15) is 33.7 Å². The predicted molar refractivity (Wildman–Crippen MR) is 276 cm³/mol. The summed E-state index contributed by atoms with van der Waals surface area (Å²) >= 11 is 15.8. The molecule has 4 aromatic carbocycles. The van der Waals surface area contributed by atoms with Crippen molar-refractivity contribution < 1.29 is 28.9 Å². The van der Waals surface area contributed by atoms with Crippen LogP contribution in [0.25, 0.3) is 43.9 Å². The van der Waals surface area contributed by atoms with Crippen LogP contribution in [-0.2, 0) is 40.0 Å². The van der Waals surface area contributed by atoms with Crippen molar-refractivity contribution in [2.75, 3.05) is 32.7 Å². The average Bonchev–Trinajstić information content (AvgIpc) is 4.12. The Morgan fingerprint density at radius 3 is 1.78 bits per heavy atom. The van der Waals surface area contributed by atoms with Crippen LogP contribution in [0.15, 0.2) is 72.8 Å². The Morgan fingerprint density at radius 1 is 0.754 bits per heavy atom. The van der Waals surface area contributed by atoms with Crippen LogP contribution in [0.5, 0.6) is 11.5 Å². The number of carbonyl (C=O) groups is 2.